The van der Waals surface area contributed by atoms with Gasteiger partial charge in [0.2, 0.25) is 15.9 Å². The SMILES string of the molecule is Cc1ccc(OC[C@H](C)NC(=O)[C@H](C)N(c2cc(C)cc(C)c2)S(C)(=O)=O)cc1. The number of amides is 1. The van der Waals surface area contributed by atoms with Crippen molar-refractivity contribution >= 4 is 21.6 Å². The summed E-state index contributed by atoms with van der Waals surface area (Å²) in [5, 5.41) is 2.84. The lowest BCUT2D eigenvalue weighted by molar-refractivity contribution is -0.122. The van der Waals surface area contributed by atoms with Gasteiger partial charge in [0.15, 0.2) is 0 Å². The minimum Gasteiger partial charge on any atom is -0.491 e. The molecule has 2 aromatic rings. The Hall–Kier alpha value is -2.54. The molecule has 0 saturated heterocycles. The van der Waals surface area contributed by atoms with Crippen LogP contribution in [0, 0.1) is 20.8 Å². The number of carbonyl (C=O) groups excluding carboxylic acids is 1. The number of rotatable bonds is 8. The van der Waals surface area contributed by atoms with Crippen molar-refractivity contribution in [2.45, 2.75) is 46.7 Å². The number of sulfonamides is 1. The number of carbonyl (C=O) groups is 1. The highest BCUT2D eigenvalue weighted by Crippen LogP contribution is 2.24. The zero-order valence-electron chi connectivity index (χ0n) is 17.9. The monoisotopic (exact) mass is 418 g/mol. The van der Waals surface area contributed by atoms with E-state index in [0.717, 1.165) is 33.0 Å². The first-order valence-corrected chi connectivity index (χ1v) is 11.4. The summed E-state index contributed by atoms with van der Waals surface area (Å²) in [5.74, 6) is 0.340. The first kappa shape index (κ1) is 22.7. The quantitative estimate of drug-likeness (QED) is 0.713. The fraction of sp³-hybridized carbons (Fsp3) is 0.409. The third-order valence-electron chi connectivity index (χ3n) is 4.46. The van der Waals surface area contributed by atoms with Crippen LogP contribution >= 0.6 is 0 Å². The third-order valence-corrected chi connectivity index (χ3v) is 5.70. The van der Waals surface area contributed by atoms with Crippen LogP contribution in [0.4, 0.5) is 5.69 Å². The minimum absolute atomic E-state index is 0.282. The fourth-order valence-corrected chi connectivity index (χ4v) is 4.31. The average Bonchev–Trinajstić information content (AvgIpc) is 2.59. The first-order chi connectivity index (χ1) is 13.5. The van der Waals surface area contributed by atoms with Crippen LogP contribution in [0.25, 0.3) is 0 Å². The Morgan fingerprint density at radius 3 is 2.07 bits per heavy atom. The van der Waals surface area contributed by atoms with Gasteiger partial charge in [-0.3, -0.25) is 9.10 Å². The standard InChI is InChI=1S/C22H30N2O4S/c1-15-7-9-21(10-8-15)28-14-18(4)23-22(25)19(5)24(29(6,26)27)20-12-16(2)11-17(3)13-20/h7-13,18-19H,14H2,1-6H3,(H,23,25)/t18-,19-/m0/s1. The van der Waals surface area contributed by atoms with Crippen molar-refractivity contribution in [3.63, 3.8) is 0 Å². The highest BCUT2D eigenvalue weighted by molar-refractivity contribution is 7.92. The van der Waals surface area contributed by atoms with Gasteiger partial charge in [-0.15, -0.1) is 0 Å². The summed E-state index contributed by atoms with van der Waals surface area (Å²) in [5.41, 5.74) is 3.48. The maximum Gasteiger partial charge on any atom is 0.243 e. The van der Waals surface area contributed by atoms with Crippen LogP contribution in [0.3, 0.4) is 0 Å². The van der Waals surface area contributed by atoms with Crippen molar-refractivity contribution in [3.05, 3.63) is 59.2 Å². The summed E-state index contributed by atoms with van der Waals surface area (Å²) >= 11 is 0. The van der Waals surface area contributed by atoms with E-state index >= 15 is 0 Å². The van der Waals surface area contributed by atoms with E-state index in [2.05, 4.69) is 5.32 Å². The van der Waals surface area contributed by atoms with Crippen LogP contribution in [-0.4, -0.2) is 39.3 Å². The molecule has 2 aromatic carbocycles. The zero-order chi connectivity index (χ0) is 21.8. The van der Waals surface area contributed by atoms with Crippen LogP contribution < -0.4 is 14.4 Å². The maximum atomic E-state index is 12.8. The molecule has 0 aliphatic carbocycles. The van der Waals surface area contributed by atoms with Crippen molar-refractivity contribution in [3.8, 4) is 5.75 Å². The molecule has 0 spiro atoms. The van der Waals surface area contributed by atoms with E-state index in [1.165, 1.54) is 0 Å². The Labute approximate surface area is 173 Å². The second kappa shape index (κ2) is 9.31. The van der Waals surface area contributed by atoms with E-state index in [-0.39, 0.29) is 18.6 Å². The van der Waals surface area contributed by atoms with Crippen molar-refractivity contribution in [2.24, 2.45) is 0 Å². The lowest BCUT2D eigenvalue weighted by atomic mass is 10.1. The summed E-state index contributed by atoms with van der Waals surface area (Å²) in [7, 11) is -3.65. The smallest absolute Gasteiger partial charge is 0.243 e. The van der Waals surface area contributed by atoms with Crippen LogP contribution in [0.2, 0.25) is 0 Å². The van der Waals surface area contributed by atoms with E-state index in [1.807, 2.05) is 58.0 Å². The zero-order valence-corrected chi connectivity index (χ0v) is 18.7. The van der Waals surface area contributed by atoms with Crippen LogP contribution in [-0.2, 0) is 14.8 Å². The number of benzene rings is 2. The molecular weight excluding hydrogens is 388 g/mol. The molecule has 7 heteroatoms. The lowest BCUT2D eigenvalue weighted by Gasteiger charge is -2.29. The van der Waals surface area contributed by atoms with Gasteiger partial charge >= 0.3 is 0 Å². The molecule has 0 unspecified atom stereocenters. The Balaban J connectivity index is 2.09. The van der Waals surface area contributed by atoms with Gasteiger partial charge in [0.25, 0.3) is 0 Å². The number of hydrogen-bond acceptors (Lipinski definition) is 4. The second-order valence-corrected chi connectivity index (χ2v) is 9.47. The minimum atomic E-state index is -3.65. The summed E-state index contributed by atoms with van der Waals surface area (Å²) in [6.07, 6.45) is 1.11. The van der Waals surface area contributed by atoms with Crippen LogP contribution in [0.5, 0.6) is 5.75 Å². The number of nitrogens with zero attached hydrogens (tertiary/aromatic N) is 1. The highest BCUT2D eigenvalue weighted by atomic mass is 32.2. The van der Waals surface area contributed by atoms with E-state index in [1.54, 1.807) is 19.1 Å². The average molecular weight is 419 g/mol. The number of ether oxygens (including phenoxy) is 1. The Kier molecular flexibility index (Phi) is 7.30. The number of nitrogens with one attached hydrogen (secondary N) is 1. The molecule has 0 radical (unpaired) electrons. The molecule has 0 aliphatic rings. The Morgan fingerprint density at radius 1 is 1.00 bits per heavy atom. The molecule has 0 saturated carbocycles. The molecule has 1 amide bonds. The van der Waals surface area contributed by atoms with Gasteiger partial charge in [0.1, 0.15) is 18.4 Å². The van der Waals surface area contributed by atoms with Crippen molar-refractivity contribution in [1.82, 2.24) is 5.32 Å². The number of hydrogen-bond donors (Lipinski definition) is 1. The molecule has 2 atom stereocenters. The maximum absolute atomic E-state index is 12.8. The second-order valence-electron chi connectivity index (χ2n) is 7.61. The molecule has 1 N–H and O–H groups in total. The van der Waals surface area contributed by atoms with Gasteiger partial charge < -0.3 is 10.1 Å². The van der Waals surface area contributed by atoms with Crippen molar-refractivity contribution in [1.29, 1.82) is 0 Å². The molecule has 0 heterocycles. The molecule has 6 nitrogen and oxygen atoms in total. The predicted molar refractivity (Wildman–Crippen MR) is 117 cm³/mol. The van der Waals surface area contributed by atoms with Gasteiger partial charge in [-0.05, 0) is 70.0 Å². The molecule has 0 fully saturated rings. The Bertz CT molecular complexity index is 935. The lowest BCUT2D eigenvalue weighted by Crippen LogP contribution is -2.50. The van der Waals surface area contributed by atoms with Crippen molar-refractivity contribution < 1.29 is 17.9 Å². The topological polar surface area (TPSA) is 75.7 Å². The van der Waals surface area contributed by atoms with E-state index < -0.39 is 16.1 Å². The highest BCUT2D eigenvalue weighted by Gasteiger charge is 2.30. The summed E-state index contributed by atoms with van der Waals surface area (Å²) < 4.78 is 31.8. The summed E-state index contributed by atoms with van der Waals surface area (Å²) in [4.78, 5) is 12.8. The van der Waals surface area contributed by atoms with Gasteiger partial charge in [-0.1, -0.05) is 23.8 Å². The molecule has 0 aliphatic heterocycles. The van der Waals surface area contributed by atoms with Crippen LogP contribution in [0.15, 0.2) is 42.5 Å². The number of anilines is 1. The summed E-state index contributed by atoms with van der Waals surface area (Å²) in [6, 6.07) is 12.0. The van der Waals surface area contributed by atoms with Gasteiger partial charge in [0.05, 0.1) is 18.0 Å². The number of aryl methyl sites for hydroxylation is 3. The molecule has 2 rings (SSSR count). The van der Waals surface area contributed by atoms with Crippen molar-refractivity contribution in [2.75, 3.05) is 17.2 Å². The molecule has 0 bridgehead atoms. The predicted octanol–water partition coefficient (Wildman–Crippen LogP) is 3.35. The normalized spacial score (nSPS) is 13.4. The van der Waals surface area contributed by atoms with Gasteiger partial charge in [0, 0.05) is 0 Å². The molecular formula is C22H30N2O4S. The fourth-order valence-electron chi connectivity index (χ4n) is 3.15. The van der Waals surface area contributed by atoms with Gasteiger partial charge in [-0.2, -0.15) is 0 Å². The molecule has 0 aromatic heterocycles. The van der Waals surface area contributed by atoms with E-state index in [4.69, 9.17) is 4.74 Å². The summed E-state index contributed by atoms with van der Waals surface area (Å²) in [6.45, 7) is 9.47. The molecule has 158 valence electrons. The Morgan fingerprint density at radius 2 is 1.55 bits per heavy atom. The third kappa shape index (κ3) is 6.49. The van der Waals surface area contributed by atoms with E-state index in [9.17, 15) is 13.2 Å². The largest absolute Gasteiger partial charge is 0.491 e. The molecule has 29 heavy (non-hydrogen) atoms. The van der Waals surface area contributed by atoms with Gasteiger partial charge in [-0.25, -0.2) is 8.42 Å². The van der Waals surface area contributed by atoms with E-state index in [0.29, 0.717) is 5.69 Å². The van der Waals surface area contributed by atoms with Crippen LogP contribution in [0.1, 0.15) is 30.5 Å². The first-order valence-electron chi connectivity index (χ1n) is 9.55.